The molecule has 1 aromatic carbocycles. The second-order valence-corrected chi connectivity index (χ2v) is 3.75. The third-order valence-electron chi connectivity index (χ3n) is 2.40. The second kappa shape index (κ2) is 10.5. The summed E-state index contributed by atoms with van der Waals surface area (Å²) in [6, 6.07) is 5.77. The first-order valence-corrected chi connectivity index (χ1v) is 5.75. The summed E-state index contributed by atoms with van der Waals surface area (Å²) in [7, 11) is 0. The van der Waals surface area contributed by atoms with E-state index in [1.54, 1.807) is 6.07 Å². The van der Waals surface area contributed by atoms with Crippen LogP contribution in [0.4, 0.5) is 0 Å². The number of carbonyl (C=O) groups excluding carboxylic acids is 2. The average Bonchev–Trinajstić information content (AvgIpc) is 2.38. The van der Waals surface area contributed by atoms with E-state index in [1.165, 1.54) is 18.2 Å². The number of unbranched alkanes of at least 4 members (excludes halogenated alkanes) is 2. The van der Waals surface area contributed by atoms with Crippen molar-refractivity contribution in [2.45, 2.75) is 19.3 Å². The first kappa shape index (κ1) is 18.8. The predicted octanol–water partition coefficient (Wildman–Crippen LogP) is -2.63. The Hall–Kier alpha value is -0.244. The van der Waals surface area contributed by atoms with Crippen molar-refractivity contribution in [2.24, 2.45) is 0 Å². The summed E-state index contributed by atoms with van der Waals surface area (Å²) in [4.78, 5) is 22.4. The number of benzene rings is 1. The fraction of sp³-hybridized carbons (Fsp3) is 0.385. The van der Waals surface area contributed by atoms with E-state index in [0.29, 0.717) is 12.8 Å². The molecule has 0 saturated carbocycles. The van der Waals surface area contributed by atoms with Crippen molar-refractivity contribution in [3.8, 4) is 0 Å². The normalized spacial score (nSPS) is 9.53. The van der Waals surface area contributed by atoms with Crippen molar-refractivity contribution in [1.29, 1.82) is 0 Å². The minimum atomic E-state index is -1.40. The van der Waals surface area contributed by atoms with Gasteiger partial charge in [0, 0.05) is 12.2 Å². The first-order valence-electron chi connectivity index (χ1n) is 5.75. The van der Waals surface area contributed by atoms with E-state index in [9.17, 15) is 14.7 Å². The molecule has 0 aliphatic rings. The minimum absolute atomic E-state index is 0. The Kier molecular flexibility index (Phi) is 10.4. The third-order valence-corrected chi connectivity index (χ3v) is 2.40. The molecular weight excluding hydrogens is 275 g/mol. The van der Waals surface area contributed by atoms with E-state index in [1.807, 2.05) is 0 Å². The molecule has 1 N–H and O–H groups in total. The monoisotopic (exact) mass is 290 g/mol. The van der Waals surface area contributed by atoms with Crippen molar-refractivity contribution in [1.82, 2.24) is 0 Å². The molecule has 0 spiro atoms. The van der Waals surface area contributed by atoms with E-state index in [2.05, 4.69) is 0 Å². The van der Waals surface area contributed by atoms with Gasteiger partial charge in [-0.25, -0.2) is 4.79 Å². The fourth-order valence-electron chi connectivity index (χ4n) is 1.47. The maximum atomic E-state index is 11.6. The van der Waals surface area contributed by atoms with Crippen molar-refractivity contribution in [3.63, 3.8) is 0 Å². The molecule has 98 valence electrons. The van der Waals surface area contributed by atoms with E-state index in [-0.39, 0.29) is 75.7 Å². The van der Waals surface area contributed by atoms with Crippen LogP contribution in [-0.2, 0) is 4.74 Å². The molecule has 1 aromatic rings. The van der Waals surface area contributed by atoms with Crippen LogP contribution < -0.4 is 56.5 Å². The van der Waals surface area contributed by atoms with Crippen LogP contribution in [0.5, 0.6) is 0 Å². The number of aliphatic hydroxyl groups excluding tert-OH is 1. The van der Waals surface area contributed by atoms with E-state index < -0.39 is 11.9 Å². The van der Waals surface area contributed by atoms with Gasteiger partial charge in [0.25, 0.3) is 0 Å². The average molecular weight is 290 g/mol. The molecule has 0 bridgehead atoms. The van der Waals surface area contributed by atoms with Crippen LogP contribution in [0.2, 0.25) is 0 Å². The van der Waals surface area contributed by atoms with Gasteiger partial charge in [0.15, 0.2) is 0 Å². The summed E-state index contributed by atoms with van der Waals surface area (Å²) in [5.74, 6) is -2.07. The number of carboxylic acid groups (broad SMARTS) is 1. The molecule has 0 radical (unpaired) electrons. The van der Waals surface area contributed by atoms with Crippen molar-refractivity contribution >= 4 is 11.9 Å². The van der Waals surface area contributed by atoms with Crippen LogP contribution in [-0.4, -0.2) is 30.3 Å². The maximum absolute atomic E-state index is 11.6. The Bertz CT molecular complexity index is 419. The number of carbonyl (C=O) groups is 2. The zero-order chi connectivity index (χ0) is 13.4. The Morgan fingerprint density at radius 3 is 2.32 bits per heavy atom. The predicted molar refractivity (Wildman–Crippen MR) is 62.0 cm³/mol. The summed E-state index contributed by atoms with van der Waals surface area (Å²) in [5, 5.41) is 19.4. The van der Waals surface area contributed by atoms with Gasteiger partial charge in [-0.05, 0) is 25.3 Å². The van der Waals surface area contributed by atoms with E-state index >= 15 is 0 Å². The summed E-state index contributed by atoms with van der Waals surface area (Å²) < 4.78 is 4.95. The van der Waals surface area contributed by atoms with Crippen LogP contribution in [0.15, 0.2) is 24.3 Å². The van der Waals surface area contributed by atoms with Crippen LogP contribution in [0.25, 0.3) is 0 Å². The molecule has 0 amide bonds. The summed E-state index contributed by atoms with van der Waals surface area (Å²) >= 11 is 0. The van der Waals surface area contributed by atoms with Gasteiger partial charge in [0.05, 0.1) is 18.1 Å². The Labute approximate surface area is 154 Å². The Morgan fingerprint density at radius 2 is 1.74 bits per heavy atom. The van der Waals surface area contributed by atoms with Gasteiger partial charge in [0.2, 0.25) is 0 Å². The first-order chi connectivity index (χ1) is 8.66. The number of hydrogen-bond donors (Lipinski definition) is 1. The van der Waals surface area contributed by atoms with Crippen LogP contribution >= 0.6 is 0 Å². The molecule has 0 atom stereocenters. The minimum Gasteiger partial charge on any atom is -0.545 e. The number of ether oxygens (including phenoxy) is 1. The summed E-state index contributed by atoms with van der Waals surface area (Å²) in [5.41, 5.74) is -0.169. The molecule has 0 aliphatic heterocycles. The molecule has 1 rings (SSSR count). The smallest absolute Gasteiger partial charge is 0.545 e. The molecule has 0 heterocycles. The van der Waals surface area contributed by atoms with Crippen LogP contribution in [0, 0.1) is 0 Å². The summed E-state index contributed by atoms with van der Waals surface area (Å²) in [6.07, 6.45) is 2.05. The van der Waals surface area contributed by atoms with Gasteiger partial charge < -0.3 is 19.7 Å². The number of aliphatic hydroxyl groups is 1. The second-order valence-electron chi connectivity index (χ2n) is 3.75. The summed E-state index contributed by atoms with van der Waals surface area (Å²) in [6.45, 7) is 0.321. The van der Waals surface area contributed by atoms with Gasteiger partial charge >= 0.3 is 57.4 Å². The number of aromatic carboxylic acids is 1. The molecule has 0 fully saturated rings. The zero-order valence-corrected chi connectivity index (χ0v) is 14.0. The molecule has 5 nitrogen and oxygen atoms in total. The standard InChI is InChI=1S/C13H16O5.K/c14-8-4-1-5-9-18-13(17)11-7-3-2-6-10(11)12(15)16;/h2-3,6-7,14H,1,4-5,8-9H2,(H,15,16);/q;+1/p-1. The van der Waals surface area contributed by atoms with Crippen LogP contribution in [0.1, 0.15) is 40.0 Å². The molecule has 19 heavy (non-hydrogen) atoms. The quantitative estimate of drug-likeness (QED) is 0.337. The van der Waals surface area contributed by atoms with E-state index in [4.69, 9.17) is 9.84 Å². The third kappa shape index (κ3) is 6.65. The van der Waals surface area contributed by atoms with Gasteiger partial charge in [-0.2, -0.15) is 0 Å². The SMILES string of the molecule is O=C([O-])c1ccccc1C(=O)OCCCCCO.[K+]. The van der Waals surface area contributed by atoms with Gasteiger partial charge in [-0.1, -0.05) is 18.2 Å². The number of esters is 1. The van der Waals surface area contributed by atoms with Crippen molar-refractivity contribution in [2.75, 3.05) is 13.2 Å². The number of rotatable bonds is 7. The fourth-order valence-corrected chi connectivity index (χ4v) is 1.47. The van der Waals surface area contributed by atoms with Gasteiger partial charge in [-0.3, -0.25) is 0 Å². The Morgan fingerprint density at radius 1 is 1.11 bits per heavy atom. The molecule has 0 aliphatic carbocycles. The number of carboxylic acids is 1. The number of hydrogen-bond acceptors (Lipinski definition) is 5. The van der Waals surface area contributed by atoms with Crippen molar-refractivity contribution in [3.05, 3.63) is 35.4 Å². The molecule has 6 heteroatoms. The topological polar surface area (TPSA) is 86.7 Å². The molecule has 0 aromatic heterocycles. The largest absolute Gasteiger partial charge is 1.00 e. The molecule has 0 saturated heterocycles. The Balaban J connectivity index is 0.00000324. The van der Waals surface area contributed by atoms with Crippen LogP contribution in [0.3, 0.4) is 0 Å². The molecule has 0 unspecified atom stereocenters. The van der Waals surface area contributed by atoms with Crippen molar-refractivity contribution < 1.29 is 75.9 Å². The maximum Gasteiger partial charge on any atom is 1.00 e. The zero-order valence-electron chi connectivity index (χ0n) is 10.9. The molecular formula is C13H15KO5. The van der Waals surface area contributed by atoms with Gasteiger partial charge in [0.1, 0.15) is 0 Å². The van der Waals surface area contributed by atoms with E-state index in [0.717, 1.165) is 6.42 Å². The van der Waals surface area contributed by atoms with Gasteiger partial charge in [-0.15, -0.1) is 0 Å².